The second kappa shape index (κ2) is 9.50. The molecule has 1 saturated carbocycles. The number of methoxy groups -OCH3 is 1. The molecule has 1 aromatic heterocycles. The number of thiophene rings is 1. The van der Waals surface area contributed by atoms with Crippen LogP contribution in [0.25, 0.3) is 0 Å². The van der Waals surface area contributed by atoms with Gasteiger partial charge in [-0.3, -0.25) is 4.99 Å². The van der Waals surface area contributed by atoms with Gasteiger partial charge in [0, 0.05) is 38.7 Å². The fourth-order valence-corrected chi connectivity index (χ4v) is 4.33. The van der Waals surface area contributed by atoms with Crippen molar-refractivity contribution in [2.45, 2.75) is 38.5 Å². The zero-order valence-electron chi connectivity index (χ0n) is 14.2. The molecule has 0 aromatic carbocycles. The third-order valence-electron chi connectivity index (χ3n) is 4.65. The summed E-state index contributed by atoms with van der Waals surface area (Å²) in [5.41, 5.74) is 0.370. The van der Waals surface area contributed by atoms with E-state index in [1.54, 1.807) is 18.4 Å². The van der Waals surface area contributed by atoms with E-state index in [1.807, 2.05) is 13.1 Å². The molecule has 1 heterocycles. The standard InChI is InChI=1S/C17H28ClN3OS/c1-19-16(20-11-7-14-5-6-15(18)23-14)21-13-17(10-12-22-2)8-3-4-9-17/h5-6H,3-4,7-13H2,1-2H3,(H2,19,20,21). The Bertz CT molecular complexity index is 498. The van der Waals surface area contributed by atoms with Crippen LogP contribution < -0.4 is 10.6 Å². The number of aliphatic imine (C=N–C) groups is 1. The van der Waals surface area contributed by atoms with Gasteiger partial charge in [0.1, 0.15) is 0 Å². The summed E-state index contributed by atoms with van der Waals surface area (Å²) in [4.78, 5) is 5.63. The van der Waals surface area contributed by atoms with E-state index in [4.69, 9.17) is 16.3 Å². The molecule has 0 unspecified atom stereocenters. The highest BCUT2D eigenvalue weighted by molar-refractivity contribution is 7.16. The van der Waals surface area contributed by atoms with Crippen molar-refractivity contribution in [1.29, 1.82) is 0 Å². The molecule has 0 saturated heterocycles. The molecule has 4 nitrogen and oxygen atoms in total. The zero-order chi connectivity index (χ0) is 16.5. The lowest BCUT2D eigenvalue weighted by Gasteiger charge is -2.29. The molecule has 1 aliphatic rings. The first kappa shape index (κ1) is 18.6. The van der Waals surface area contributed by atoms with Crippen LogP contribution in [-0.2, 0) is 11.2 Å². The van der Waals surface area contributed by atoms with E-state index in [0.29, 0.717) is 5.41 Å². The van der Waals surface area contributed by atoms with E-state index in [9.17, 15) is 0 Å². The van der Waals surface area contributed by atoms with Crippen molar-refractivity contribution in [3.05, 3.63) is 21.3 Å². The summed E-state index contributed by atoms with van der Waals surface area (Å²) >= 11 is 7.60. The highest BCUT2D eigenvalue weighted by Crippen LogP contribution is 2.40. The lowest BCUT2D eigenvalue weighted by Crippen LogP contribution is -2.43. The first-order valence-corrected chi connectivity index (χ1v) is 9.54. The summed E-state index contributed by atoms with van der Waals surface area (Å²) in [7, 11) is 3.61. The molecule has 23 heavy (non-hydrogen) atoms. The van der Waals surface area contributed by atoms with Crippen molar-refractivity contribution in [1.82, 2.24) is 10.6 Å². The molecule has 0 bridgehead atoms. The summed E-state index contributed by atoms with van der Waals surface area (Å²) < 4.78 is 6.15. The Hall–Kier alpha value is -0.780. The Labute approximate surface area is 148 Å². The topological polar surface area (TPSA) is 45.7 Å². The van der Waals surface area contributed by atoms with E-state index in [2.05, 4.69) is 21.7 Å². The lowest BCUT2D eigenvalue weighted by atomic mass is 9.83. The Kier molecular flexibility index (Phi) is 7.66. The zero-order valence-corrected chi connectivity index (χ0v) is 15.7. The Morgan fingerprint density at radius 1 is 1.35 bits per heavy atom. The second-order valence-electron chi connectivity index (χ2n) is 6.26. The van der Waals surface area contributed by atoms with E-state index in [0.717, 1.165) is 42.8 Å². The normalized spacial score (nSPS) is 17.4. The van der Waals surface area contributed by atoms with Gasteiger partial charge in [0.25, 0.3) is 0 Å². The van der Waals surface area contributed by atoms with Crippen LogP contribution in [0.4, 0.5) is 0 Å². The average molecular weight is 358 g/mol. The van der Waals surface area contributed by atoms with Gasteiger partial charge in [0.2, 0.25) is 0 Å². The van der Waals surface area contributed by atoms with Crippen LogP contribution in [0.2, 0.25) is 4.34 Å². The van der Waals surface area contributed by atoms with Crippen molar-refractivity contribution < 1.29 is 4.74 Å². The van der Waals surface area contributed by atoms with E-state index >= 15 is 0 Å². The lowest BCUT2D eigenvalue weighted by molar-refractivity contribution is 0.138. The van der Waals surface area contributed by atoms with E-state index in [1.165, 1.54) is 30.6 Å². The van der Waals surface area contributed by atoms with Crippen LogP contribution in [0, 0.1) is 5.41 Å². The quantitative estimate of drug-likeness (QED) is 0.550. The highest BCUT2D eigenvalue weighted by Gasteiger charge is 2.33. The third-order valence-corrected chi connectivity index (χ3v) is 5.94. The smallest absolute Gasteiger partial charge is 0.191 e. The Morgan fingerprint density at radius 2 is 2.13 bits per heavy atom. The van der Waals surface area contributed by atoms with Gasteiger partial charge < -0.3 is 15.4 Å². The van der Waals surface area contributed by atoms with Crippen LogP contribution >= 0.6 is 22.9 Å². The number of hydrogen-bond acceptors (Lipinski definition) is 3. The number of hydrogen-bond donors (Lipinski definition) is 2. The fourth-order valence-electron chi connectivity index (χ4n) is 3.24. The summed E-state index contributed by atoms with van der Waals surface area (Å²) in [6.07, 6.45) is 7.32. The molecule has 6 heteroatoms. The number of nitrogens with one attached hydrogen (secondary N) is 2. The maximum absolute atomic E-state index is 5.96. The van der Waals surface area contributed by atoms with E-state index in [-0.39, 0.29) is 0 Å². The first-order chi connectivity index (χ1) is 11.2. The molecule has 0 spiro atoms. The number of ether oxygens (including phenoxy) is 1. The molecule has 0 aliphatic heterocycles. The SMILES string of the molecule is CN=C(NCCc1ccc(Cl)s1)NCC1(CCOC)CCCC1. The monoisotopic (exact) mass is 357 g/mol. The number of halogens is 1. The summed E-state index contributed by atoms with van der Waals surface area (Å²) in [5.74, 6) is 0.886. The molecule has 1 aromatic rings. The Balaban J connectivity index is 1.75. The molecule has 1 aliphatic carbocycles. The average Bonchev–Trinajstić information content (AvgIpc) is 3.18. The van der Waals surface area contributed by atoms with Crippen molar-refractivity contribution in [2.24, 2.45) is 10.4 Å². The van der Waals surface area contributed by atoms with Gasteiger partial charge in [0.15, 0.2) is 5.96 Å². The molecular weight excluding hydrogens is 330 g/mol. The molecule has 0 amide bonds. The fraction of sp³-hybridized carbons (Fsp3) is 0.706. The Morgan fingerprint density at radius 3 is 2.74 bits per heavy atom. The van der Waals surface area contributed by atoms with Gasteiger partial charge in [-0.15, -0.1) is 11.3 Å². The van der Waals surface area contributed by atoms with Crippen LogP contribution in [0.5, 0.6) is 0 Å². The van der Waals surface area contributed by atoms with E-state index < -0.39 is 0 Å². The highest BCUT2D eigenvalue weighted by atomic mass is 35.5. The second-order valence-corrected chi connectivity index (χ2v) is 8.06. The van der Waals surface area contributed by atoms with Gasteiger partial charge in [-0.05, 0) is 43.2 Å². The predicted octanol–water partition coefficient (Wildman–Crippen LogP) is 3.71. The maximum Gasteiger partial charge on any atom is 0.191 e. The minimum absolute atomic E-state index is 0.370. The van der Waals surface area contributed by atoms with Crippen molar-refractivity contribution >= 4 is 28.9 Å². The van der Waals surface area contributed by atoms with Crippen LogP contribution in [0.3, 0.4) is 0 Å². The van der Waals surface area contributed by atoms with Crippen LogP contribution in [-0.4, -0.2) is 39.8 Å². The van der Waals surface area contributed by atoms with Gasteiger partial charge in [-0.2, -0.15) is 0 Å². The molecule has 130 valence electrons. The molecule has 0 atom stereocenters. The number of guanidine groups is 1. The minimum atomic E-state index is 0.370. The number of nitrogens with zero attached hydrogens (tertiary/aromatic N) is 1. The molecule has 1 fully saturated rings. The first-order valence-electron chi connectivity index (χ1n) is 8.35. The molecular formula is C17H28ClN3OS. The van der Waals surface area contributed by atoms with Gasteiger partial charge in [-0.25, -0.2) is 0 Å². The van der Waals surface area contributed by atoms with Crippen molar-refractivity contribution in [2.75, 3.05) is 33.9 Å². The molecule has 0 radical (unpaired) electrons. The van der Waals surface area contributed by atoms with Crippen LogP contribution in [0.15, 0.2) is 17.1 Å². The summed E-state index contributed by atoms with van der Waals surface area (Å²) in [5, 5.41) is 6.91. The third kappa shape index (κ3) is 5.98. The number of rotatable bonds is 8. The van der Waals surface area contributed by atoms with Crippen LogP contribution in [0.1, 0.15) is 37.0 Å². The largest absolute Gasteiger partial charge is 0.385 e. The minimum Gasteiger partial charge on any atom is -0.385 e. The van der Waals surface area contributed by atoms with Gasteiger partial charge in [-0.1, -0.05) is 24.4 Å². The summed E-state index contributed by atoms with van der Waals surface area (Å²) in [6, 6.07) is 4.04. The van der Waals surface area contributed by atoms with Crippen molar-refractivity contribution in [3.8, 4) is 0 Å². The van der Waals surface area contributed by atoms with Crippen molar-refractivity contribution in [3.63, 3.8) is 0 Å². The molecule has 2 N–H and O–H groups in total. The van der Waals surface area contributed by atoms with Gasteiger partial charge in [0.05, 0.1) is 4.34 Å². The van der Waals surface area contributed by atoms with Gasteiger partial charge >= 0.3 is 0 Å². The predicted molar refractivity (Wildman–Crippen MR) is 99.8 cm³/mol. The molecule has 2 rings (SSSR count). The maximum atomic E-state index is 5.96. The summed E-state index contributed by atoms with van der Waals surface area (Å²) in [6.45, 7) is 2.68.